The Morgan fingerprint density at radius 2 is 2.25 bits per heavy atom. The highest BCUT2D eigenvalue weighted by Crippen LogP contribution is 2.10. The number of nitrogens with one attached hydrogen (secondary N) is 1. The lowest BCUT2D eigenvalue weighted by atomic mass is 10.1. The van der Waals surface area contributed by atoms with E-state index in [0.29, 0.717) is 24.3 Å². The lowest BCUT2D eigenvalue weighted by Gasteiger charge is -2.18. The van der Waals surface area contributed by atoms with E-state index >= 15 is 0 Å². The first-order chi connectivity index (χ1) is 7.59. The Labute approximate surface area is 89.3 Å². The van der Waals surface area contributed by atoms with Crippen molar-refractivity contribution >= 4 is 5.97 Å². The number of nitrogens with zero attached hydrogens (tertiary/aromatic N) is 1. The molecule has 86 valence electrons. The fraction of sp³-hybridized carbons (Fsp3) is 0.444. The zero-order chi connectivity index (χ0) is 11.7. The van der Waals surface area contributed by atoms with E-state index in [2.05, 4.69) is 4.98 Å². The second-order valence-electron chi connectivity index (χ2n) is 3.47. The summed E-state index contributed by atoms with van der Waals surface area (Å²) in [5.74, 6) is -1.12. The topological polar surface area (TPSA) is 101 Å². The van der Waals surface area contributed by atoms with Crippen LogP contribution >= 0.6 is 0 Å². The molecule has 2 N–H and O–H groups in total. The van der Waals surface area contributed by atoms with Gasteiger partial charge in [-0.25, -0.2) is 4.79 Å². The van der Waals surface area contributed by atoms with Crippen molar-refractivity contribution in [2.24, 2.45) is 0 Å². The quantitative estimate of drug-likeness (QED) is 0.652. The number of carbonyl (C=O) groups is 1. The third kappa shape index (κ3) is 1.76. The van der Waals surface area contributed by atoms with Gasteiger partial charge >= 0.3 is 11.7 Å². The van der Waals surface area contributed by atoms with Crippen molar-refractivity contribution in [3.63, 3.8) is 0 Å². The molecule has 1 aliphatic rings. The summed E-state index contributed by atoms with van der Waals surface area (Å²) in [5.41, 5.74) is -0.385. The van der Waals surface area contributed by atoms with Gasteiger partial charge in [-0.05, 0) is 0 Å². The number of ether oxygens (including phenoxy) is 1. The average molecular weight is 226 g/mol. The fourth-order valence-electron chi connectivity index (χ4n) is 1.74. The predicted octanol–water partition coefficient (Wildman–Crippen LogP) is -1.31. The van der Waals surface area contributed by atoms with Crippen molar-refractivity contribution in [1.82, 2.24) is 9.55 Å². The van der Waals surface area contributed by atoms with Crippen LogP contribution in [0.3, 0.4) is 0 Å². The maximum absolute atomic E-state index is 11.5. The predicted molar refractivity (Wildman–Crippen MR) is 52.3 cm³/mol. The number of aliphatic carboxylic acids is 1. The first-order valence-corrected chi connectivity index (χ1v) is 4.74. The molecule has 0 spiro atoms. The van der Waals surface area contributed by atoms with Gasteiger partial charge in [-0.15, -0.1) is 0 Å². The molecule has 1 aliphatic heterocycles. The highest BCUT2D eigenvalue weighted by Gasteiger charge is 2.19. The zero-order valence-electron chi connectivity index (χ0n) is 8.36. The van der Waals surface area contributed by atoms with E-state index in [0.717, 1.165) is 4.57 Å². The zero-order valence-corrected chi connectivity index (χ0v) is 8.36. The maximum atomic E-state index is 11.5. The summed E-state index contributed by atoms with van der Waals surface area (Å²) >= 11 is 0. The van der Waals surface area contributed by atoms with Crippen molar-refractivity contribution < 1.29 is 14.6 Å². The number of aromatic nitrogens is 2. The Balaban J connectivity index is 2.63. The molecule has 0 atom stereocenters. The number of H-pyrrole nitrogens is 1. The van der Waals surface area contributed by atoms with Crippen LogP contribution in [0.5, 0.6) is 0 Å². The molecule has 7 heteroatoms. The molecule has 0 saturated carbocycles. The van der Waals surface area contributed by atoms with Crippen LogP contribution in [0.1, 0.15) is 11.3 Å². The van der Waals surface area contributed by atoms with Crippen LogP contribution in [0.15, 0.2) is 9.59 Å². The van der Waals surface area contributed by atoms with E-state index in [9.17, 15) is 14.4 Å². The third-order valence-corrected chi connectivity index (χ3v) is 2.44. The Hall–Kier alpha value is -1.89. The fourth-order valence-corrected chi connectivity index (χ4v) is 1.74. The standard InChI is InChI=1S/C9H10N2O5/c12-7(13)3-11-6-1-2-16-4-5(6)8(14)10-9(11)15/h1-4H2,(H,12,13)(H,10,14,15). The van der Waals surface area contributed by atoms with Gasteiger partial charge < -0.3 is 9.84 Å². The maximum Gasteiger partial charge on any atom is 0.329 e. The van der Waals surface area contributed by atoms with Gasteiger partial charge in [0, 0.05) is 12.1 Å². The minimum absolute atomic E-state index is 0.116. The summed E-state index contributed by atoms with van der Waals surface area (Å²) in [6.45, 7) is 0.0536. The van der Waals surface area contributed by atoms with E-state index in [1.165, 1.54) is 0 Å². The van der Waals surface area contributed by atoms with E-state index in [-0.39, 0.29) is 6.61 Å². The number of carboxylic acids is 1. The number of rotatable bonds is 2. The first-order valence-electron chi connectivity index (χ1n) is 4.74. The molecule has 2 heterocycles. The number of aromatic amines is 1. The van der Waals surface area contributed by atoms with Crippen molar-refractivity contribution in [3.05, 3.63) is 32.1 Å². The number of hydrogen-bond donors (Lipinski definition) is 2. The second kappa shape index (κ2) is 3.93. The highest BCUT2D eigenvalue weighted by atomic mass is 16.5. The van der Waals surface area contributed by atoms with Crippen molar-refractivity contribution in [2.45, 2.75) is 19.6 Å². The molecule has 1 aromatic rings. The molecule has 2 rings (SSSR count). The van der Waals surface area contributed by atoms with Crippen LogP contribution in [0, 0.1) is 0 Å². The summed E-state index contributed by atoms with van der Waals surface area (Å²) in [7, 11) is 0. The Morgan fingerprint density at radius 3 is 2.94 bits per heavy atom. The van der Waals surface area contributed by atoms with Crippen LogP contribution in [0.4, 0.5) is 0 Å². The molecule has 0 bridgehead atoms. The third-order valence-electron chi connectivity index (χ3n) is 2.44. The lowest BCUT2D eigenvalue weighted by molar-refractivity contribution is -0.137. The second-order valence-corrected chi connectivity index (χ2v) is 3.47. The highest BCUT2D eigenvalue weighted by molar-refractivity contribution is 5.66. The van der Waals surface area contributed by atoms with Gasteiger partial charge in [0.05, 0.1) is 18.8 Å². The molecular weight excluding hydrogens is 216 g/mol. The van der Waals surface area contributed by atoms with Crippen LogP contribution in [0.25, 0.3) is 0 Å². The molecule has 16 heavy (non-hydrogen) atoms. The minimum atomic E-state index is -1.12. The van der Waals surface area contributed by atoms with Crippen LogP contribution in [-0.4, -0.2) is 27.2 Å². The molecule has 0 aliphatic carbocycles. The molecular formula is C9H10N2O5. The minimum Gasteiger partial charge on any atom is -0.480 e. The smallest absolute Gasteiger partial charge is 0.329 e. The average Bonchev–Trinajstić information content (AvgIpc) is 2.24. The Kier molecular flexibility index (Phi) is 2.61. The van der Waals surface area contributed by atoms with Gasteiger partial charge in [0.15, 0.2) is 0 Å². The van der Waals surface area contributed by atoms with Gasteiger partial charge in [0.1, 0.15) is 6.54 Å². The molecule has 0 unspecified atom stereocenters. The normalized spacial score (nSPS) is 14.5. The Morgan fingerprint density at radius 1 is 1.50 bits per heavy atom. The molecule has 0 fully saturated rings. The van der Waals surface area contributed by atoms with Gasteiger partial charge in [0.2, 0.25) is 0 Å². The van der Waals surface area contributed by atoms with Crippen molar-refractivity contribution in [2.75, 3.05) is 6.61 Å². The van der Waals surface area contributed by atoms with E-state index in [1.807, 2.05) is 0 Å². The molecule has 0 aromatic carbocycles. The van der Waals surface area contributed by atoms with Gasteiger partial charge in [-0.1, -0.05) is 0 Å². The van der Waals surface area contributed by atoms with Crippen LogP contribution < -0.4 is 11.2 Å². The van der Waals surface area contributed by atoms with E-state index < -0.39 is 23.8 Å². The monoisotopic (exact) mass is 226 g/mol. The Bertz CT molecular complexity index is 542. The molecule has 1 aromatic heterocycles. The molecule has 0 radical (unpaired) electrons. The van der Waals surface area contributed by atoms with E-state index in [4.69, 9.17) is 9.84 Å². The molecule has 7 nitrogen and oxygen atoms in total. The van der Waals surface area contributed by atoms with Gasteiger partial charge in [-0.3, -0.25) is 19.1 Å². The van der Waals surface area contributed by atoms with Gasteiger partial charge in [0.25, 0.3) is 5.56 Å². The first kappa shape index (κ1) is 10.6. The van der Waals surface area contributed by atoms with Gasteiger partial charge in [-0.2, -0.15) is 0 Å². The van der Waals surface area contributed by atoms with E-state index in [1.54, 1.807) is 0 Å². The van der Waals surface area contributed by atoms with Crippen molar-refractivity contribution in [3.8, 4) is 0 Å². The number of fused-ring (bicyclic) bond motifs is 1. The number of hydrogen-bond acceptors (Lipinski definition) is 4. The van der Waals surface area contributed by atoms with Crippen LogP contribution in [0.2, 0.25) is 0 Å². The lowest BCUT2D eigenvalue weighted by Crippen LogP contribution is -2.39. The molecule has 0 amide bonds. The summed E-state index contributed by atoms with van der Waals surface area (Å²) < 4.78 is 6.16. The SMILES string of the molecule is O=C(O)Cn1c2c(c(=O)[nH]c1=O)COCC2. The van der Waals surface area contributed by atoms with Crippen LogP contribution in [-0.2, 0) is 29.1 Å². The summed E-state index contributed by atoms with van der Waals surface area (Å²) in [6.07, 6.45) is 0.377. The number of carboxylic acid groups (broad SMARTS) is 1. The molecule has 0 saturated heterocycles. The largest absolute Gasteiger partial charge is 0.480 e. The summed E-state index contributed by atoms with van der Waals surface area (Å²) in [5, 5.41) is 8.68. The van der Waals surface area contributed by atoms with Crippen molar-refractivity contribution in [1.29, 1.82) is 0 Å². The summed E-state index contributed by atoms with van der Waals surface area (Å²) in [4.78, 5) is 35.6. The summed E-state index contributed by atoms with van der Waals surface area (Å²) in [6, 6.07) is 0.